The highest BCUT2D eigenvalue weighted by atomic mass is 35.5. The molecule has 0 saturated carbocycles. The van der Waals surface area contributed by atoms with Crippen LogP contribution < -0.4 is 0 Å². The van der Waals surface area contributed by atoms with Crippen LogP contribution in [0.15, 0.2) is 42.7 Å². The molecule has 6 heteroatoms. The molecule has 3 aromatic heterocycles. The monoisotopic (exact) mass is 368 g/mol. The predicted molar refractivity (Wildman–Crippen MR) is 103 cm³/mol. The Kier molecular flexibility index (Phi) is 4.51. The largest absolute Gasteiger partial charge is 0.281 e. The molecule has 126 valence electrons. The Hall–Kier alpha value is -2.24. The second-order valence-corrected chi connectivity index (χ2v) is 7.52. The summed E-state index contributed by atoms with van der Waals surface area (Å²) < 4.78 is 0. The summed E-state index contributed by atoms with van der Waals surface area (Å²) in [5, 5.41) is 10.4. The minimum atomic E-state index is 0.649. The second kappa shape index (κ2) is 6.94. The number of hydrogen-bond acceptors (Lipinski definition) is 4. The van der Waals surface area contributed by atoms with Crippen LogP contribution >= 0.6 is 22.9 Å². The zero-order valence-electron chi connectivity index (χ0n) is 13.8. The van der Waals surface area contributed by atoms with Gasteiger partial charge in [0.05, 0.1) is 21.2 Å². The van der Waals surface area contributed by atoms with E-state index in [0.717, 1.165) is 52.1 Å². The molecule has 3 heterocycles. The predicted octanol–water partition coefficient (Wildman–Crippen LogP) is 5.28. The van der Waals surface area contributed by atoms with Gasteiger partial charge in [-0.15, -0.1) is 11.3 Å². The van der Waals surface area contributed by atoms with Gasteiger partial charge >= 0.3 is 0 Å². The number of hydrogen-bond donors (Lipinski definition) is 1. The number of pyridine rings is 1. The number of thiazole rings is 1. The van der Waals surface area contributed by atoms with Crippen LogP contribution in [0, 0.1) is 0 Å². The van der Waals surface area contributed by atoms with E-state index in [-0.39, 0.29) is 0 Å². The van der Waals surface area contributed by atoms with Crippen molar-refractivity contribution in [1.82, 2.24) is 20.2 Å². The summed E-state index contributed by atoms with van der Waals surface area (Å²) in [6.45, 7) is 2.19. The highest BCUT2D eigenvalue weighted by Crippen LogP contribution is 2.29. The molecule has 4 nitrogen and oxygen atoms in total. The first-order valence-electron chi connectivity index (χ1n) is 8.26. The van der Waals surface area contributed by atoms with Crippen LogP contribution in [0.5, 0.6) is 0 Å². The summed E-state index contributed by atoms with van der Waals surface area (Å²) in [7, 11) is 0. The summed E-state index contributed by atoms with van der Waals surface area (Å²) in [5.41, 5.74) is 3.79. The van der Waals surface area contributed by atoms with E-state index in [9.17, 15) is 0 Å². The van der Waals surface area contributed by atoms with Crippen molar-refractivity contribution in [2.45, 2.75) is 26.2 Å². The molecule has 1 N–H and O–H groups in total. The zero-order valence-corrected chi connectivity index (χ0v) is 15.4. The summed E-state index contributed by atoms with van der Waals surface area (Å²) >= 11 is 8.07. The number of halogens is 1. The fourth-order valence-corrected chi connectivity index (χ4v) is 4.15. The van der Waals surface area contributed by atoms with Gasteiger partial charge in [-0.25, -0.2) is 4.98 Å². The lowest BCUT2D eigenvalue weighted by Crippen LogP contribution is -1.89. The lowest BCUT2D eigenvalue weighted by atomic mass is 10.1. The summed E-state index contributed by atoms with van der Waals surface area (Å²) in [6, 6.07) is 9.80. The number of benzene rings is 1. The van der Waals surface area contributed by atoms with Crippen molar-refractivity contribution in [3.8, 4) is 11.3 Å². The molecule has 0 saturated heterocycles. The molecule has 1 aromatic carbocycles. The Morgan fingerprint density at radius 2 is 2.12 bits per heavy atom. The average molecular weight is 369 g/mol. The van der Waals surface area contributed by atoms with Crippen LogP contribution in [0.4, 0.5) is 0 Å². The second-order valence-electron chi connectivity index (χ2n) is 5.92. The van der Waals surface area contributed by atoms with Crippen molar-refractivity contribution in [3.63, 3.8) is 0 Å². The molecule has 4 rings (SSSR count). The Bertz CT molecular complexity index is 1020. The molecule has 0 amide bonds. The van der Waals surface area contributed by atoms with Gasteiger partial charge in [-0.2, -0.15) is 5.10 Å². The van der Waals surface area contributed by atoms with Crippen molar-refractivity contribution >= 4 is 33.8 Å². The van der Waals surface area contributed by atoms with E-state index in [4.69, 9.17) is 11.6 Å². The quantitative estimate of drug-likeness (QED) is 0.521. The zero-order chi connectivity index (χ0) is 17.2. The van der Waals surface area contributed by atoms with Crippen LogP contribution in [-0.2, 0) is 12.8 Å². The van der Waals surface area contributed by atoms with Crippen LogP contribution in [0.25, 0.3) is 22.2 Å². The average Bonchev–Trinajstić information content (AvgIpc) is 3.23. The highest BCUT2D eigenvalue weighted by Gasteiger charge is 2.12. The number of aromatic amines is 1. The molecule has 0 aliphatic heterocycles. The summed E-state index contributed by atoms with van der Waals surface area (Å²) in [5.74, 6) is 0. The molecule has 25 heavy (non-hydrogen) atoms. The lowest BCUT2D eigenvalue weighted by Gasteiger charge is -2.03. The van der Waals surface area contributed by atoms with E-state index in [1.807, 2.05) is 30.5 Å². The number of nitrogens with zero attached hydrogens (tertiary/aromatic N) is 3. The van der Waals surface area contributed by atoms with Gasteiger partial charge in [0.25, 0.3) is 0 Å². The summed E-state index contributed by atoms with van der Waals surface area (Å²) in [4.78, 5) is 10.3. The van der Waals surface area contributed by atoms with Crippen LogP contribution in [0.3, 0.4) is 0 Å². The first-order chi connectivity index (χ1) is 12.2. The van der Waals surface area contributed by atoms with Crippen LogP contribution in [-0.4, -0.2) is 20.2 Å². The van der Waals surface area contributed by atoms with Gasteiger partial charge in [0.15, 0.2) is 0 Å². The van der Waals surface area contributed by atoms with Crippen molar-refractivity contribution in [1.29, 1.82) is 0 Å². The molecule has 0 atom stereocenters. The van der Waals surface area contributed by atoms with E-state index in [1.165, 1.54) is 4.88 Å². The maximum Gasteiger partial charge on any atom is 0.0987 e. The van der Waals surface area contributed by atoms with E-state index >= 15 is 0 Å². The highest BCUT2D eigenvalue weighted by molar-refractivity contribution is 7.11. The minimum Gasteiger partial charge on any atom is -0.281 e. The third-order valence-corrected chi connectivity index (χ3v) is 5.45. The standard InChI is InChI=1S/C19H17ClN4S/c1-2-4-13-11-22-18(25-13)10-17-14-9-12(6-7-16(14)23-24-17)19-15(20)5-3-8-21-19/h3,5-9,11H,2,4,10H2,1H3,(H,23,24). The molecular weight excluding hydrogens is 352 g/mol. The van der Waals surface area contributed by atoms with Gasteiger partial charge in [-0.05, 0) is 30.7 Å². The van der Waals surface area contributed by atoms with Crippen LogP contribution in [0.2, 0.25) is 5.02 Å². The molecule has 0 aliphatic rings. The molecule has 0 radical (unpaired) electrons. The number of H-pyrrole nitrogens is 1. The molecule has 0 unspecified atom stereocenters. The van der Waals surface area contributed by atoms with Gasteiger partial charge in [0.1, 0.15) is 0 Å². The van der Waals surface area contributed by atoms with Gasteiger partial charge in [0.2, 0.25) is 0 Å². The van der Waals surface area contributed by atoms with Crippen molar-refractivity contribution in [2.75, 3.05) is 0 Å². The number of aromatic nitrogens is 4. The van der Waals surface area contributed by atoms with Crippen LogP contribution in [0.1, 0.15) is 28.9 Å². The first-order valence-corrected chi connectivity index (χ1v) is 9.45. The SMILES string of the molecule is CCCc1cnc(Cc2[nH]nc3ccc(-c4ncccc4Cl)cc23)s1. The van der Waals surface area contributed by atoms with E-state index in [0.29, 0.717) is 5.02 Å². The normalized spacial score (nSPS) is 11.3. The number of aryl methyl sites for hydroxylation is 1. The Morgan fingerprint density at radius 3 is 2.96 bits per heavy atom. The molecule has 0 fully saturated rings. The number of nitrogens with one attached hydrogen (secondary N) is 1. The van der Waals surface area contributed by atoms with Crippen molar-refractivity contribution in [3.05, 3.63) is 63.3 Å². The van der Waals surface area contributed by atoms with Crippen molar-refractivity contribution < 1.29 is 0 Å². The molecule has 0 spiro atoms. The topological polar surface area (TPSA) is 54.5 Å². The number of fused-ring (bicyclic) bond motifs is 1. The maximum absolute atomic E-state index is 6.29. The van der Waals surface area contributed by atoms with Gasteiger partial charge < -0.3 is 0 Å². The molecule has 4 aromatic rings. The van der Waals surface area contributed by atoms with E-state index < -0.39 is 0 Å². The molecular formula is C19H17ClN4S. The van der Waals surface area contributed by atoms with Gasteiger partial charge in [-0.1, -0.05) is 31.0 Å². The van der Waals surface area contributed by atoms with E-state index in [1.54, 1.807) is 17.5 Å². The fourth-order valence-electron chi connectivity index (χ4n) is 2.89. The Morgan fingerprint density at radius 1 is 1.20 bits per heavy atom. The number of rotatable bonds is 5. The first kappa shape index (κ1) is 16.2. The molecule has 0 aliphatic carbocycles. The van der Waals surface area contributed by atoms with Gasteiger partial charge in [0, 0.05) is 40.3 Å². The lowest BCUT2D eigenvalue weighted by molar-refractivity contribution is 0.935. The molecule has 0 bridgehead atoms. The third kappa shape index (κ3) is 3.30. The Balaban J connectivity index is 1.70. The Labute approximate surface area is 154 Å². The van der Waals surface area contributed by atoms with Gasteiger partial charge in [-0.3, -0.25) is 10.1 Å². The fraction of sp³-hybridized carbons (Fsp3) is 0.211. The smallest absolute Gasteiger partial charge is 0.0987 e. The van der Waals surface area contributed by atoms with Crippen molar-refractivity contribution in [2.24, 2.45) is 0 Å². The summed E-state index contributed by atoms with van der Waals surface area (Å²) in [6.07, 6.45) is 6.73. The third-order valence-electron chi connectivity index (χ3n) is 4.09. The maximum atomic E-state index is 6.29. The van der Waals surface area contributed by atoms with E-state index in [2.05, 4.69) is 33.2 Å². The minimum absolute atomic E-state index is 0.649.